The van der Waals surface area contributed by atoms with Gasteiger partial charge in [-0.15, -0.1) is 0 Å². The third-order valence-corrected chi connectivity index (χ3v) is 3.78. The Kier molecular flexibility index (Phi) is 4.42. The molecular formula is C17H20N2O3. The number of amides is 1. The number of para-hydroxylation sites is 1. The summed E-state index contributed by atoms with van der Waals surface area (Å²) >= 11 is 0. The molecule has 5 heteroatoms. The van der Waals surface area contributed by atoms with Crippen molar-refractivity contribution in [1.82, 2.24) is 10.5 Å². The van der Waals surface area contributed by atoms with Gasteiger partial charge in [0.15, 0.2) is 5.69 Å². The van der Waals surface area contributed by atoms with Gasteiger partial charge in [-0.05, 0) is 30.9 Å². The van der Waals surface area contributed by atoms with Crippen LogP contribution >= 0.6 is 0 Å². The van der Waals surface area contributed by atoms with Gasteiger partial charge in [0.25, 0.3) is 5.91 Å². The lowest BCUT2D eigenvalue weighted by molar-refractivity contribution is 0.0909. The third kappa shape index (κ3) is 3.30. The van der Waals surface area contributed by atoms with Gasteiger partial charge in [-0.2, -0.15) is 0 Å². The first kappa shape index (κ1) is 14.6. The molecule has 0 bridgehead atoms. The van der Waals surface area contributed by atoms with Gasteiger partial charge >= 0.3 is 0 Å². The maximum Gasteiger partial charge on any atom is 0.273 e. The summed E-state index contributed by atoms with van der Waals surface area (Å²) in [6, 6.07) is 9.73. The number of aromatic nitrogens is 1. The molecule has 0 spiro atoms. The average Bonchev–Trinajstić information content (AvgIpc) is 3.01. The molecule has 0 saturated heterocycles. The van der Waals surface area contributed by atoms with Crippen molar-refractivity contribution in [2.24, 2.45) is 0 Å². The van der Waals surface area contributed by atoms with Crippen molar-refractivity contribution in [3.05, 3.63) is 47.3 Å². The van der Waals surface area contributed by atoms with Crippen LogP contribution in [-0.4, -0.2) is 23.7 Å². The van der Waals surface area contributed by atoms with Crippen LogP contribution in [-0.2, 0) is 12.8 Å². The zero-order valence-corrected chi connectivity index (χ0v) is 12.7. The predicted molar refractivity (Wildman–Crippen MR) is 82.0 cm³/mol. The lowest BCUT2D eigenvalue weighted by Crippen LogP contribution is -2.37. The van der Waals surface area contributed by atoms with E-state index in [0.717, 1.165) is 37.2 Å². The molecule has 1 aromatic carbocycles. The zero-order valence-electron chi connectivity index (χ0n) is 12.7. The second-order valence-corrected chi connectivity index (χ2v) is 5.52. The molecule has 0 saturated carbocycles. The smallest absolute Gasteiger partial charge is 0.273 e. The van der Waals surface area contributed by atoms with Crippen molar-refractivity contribution in [2.45, 2.75) is 38.7 Å². The number of rotatable bonds is 5. The van der Waals surface area contributed by atoms with E-state index >= 15 is 0 Å². The second-order valence-electron chi connectivity index (χ2n) is 5.52. The number of aryl methyl sites for hydroxylation is 2. The molecule has 1 aromatic heterocycles. The van der Waals surface area contributed by atoms with E-state index in [9.17, 15) is 4.79 Å². The summed E-state index contributed by atoms with van der Waals surface area (Å²) in [5, 5.41) is 6.68. The van der Waals surface area contributed by atoms with Gasteiger partial charge in [-0.3, -0.25) is 4.79 Å². The fourth-order valence-electron chi connectivity index (χ4n) is 2.61. The summed E-state index contributed by atoms with van der Waals surface area (Å²) in [4.78, 5) is 12.1. The Bertz CT molecular complexity index is 651. The molecule has 2 aromatic rings. The minimum absolute atomic E-state index is 0.000799. The number of hydrogen-bond acceptors (Lipinski definition) is 4. The quantitative estimate of drug-likeness (QED) is 0.922. The Morgan fingerprint density at radius 3 is 3.14 bits per heavy atom. The Morgan fingerprint density at radius 2 is 2.27 bits per heavy atom. The van der Waals surface area contributed by atoms with Crippen LogP contribution in [0.4, 0.5) is 0 Å². The van der Waals surface area contributed by atoms with Crippen LogP contribution in [0.25, 0.3) is 0 Å². The van der Waals surface area contributed by atoms with Crippen molar-refractivity contribution in [2.75, 3.05) is 6.54 Å². The largest absolute Gasteiger partial charge is 0.488 e. The van der Waals surface area contributed by atoms with E-state index in [1.807, 2.05) is 18.2 Å². The highest BCUT2D eigenvalue weighted by Gasteiger charge is 2.20. The maximum absolute atomic E-state index is 12.1. The Balaban J connectivity index is 1.53. The van der Waals surface area contributed by atoms with E-state index < -0.39 is 0 Å². The molecule has 2 heterocycles. The van der Waals surface area contributed by atoms with Crippen LogP contribution < -0.4 is 10.1 Å². The molecule has 0 radical (unpaired) electrons. The van der Waals surface area contributed by atoms with Crippen molar-refractivity contribution >= 4 is 5.91 Å². The Morgan fingerprint density at radius 1 is 1.41 bits per heavy atom. The van der Waals surface area contributed by atoms with E-state index in [1.54, 1.807) is 6.07 Å². The normalized spacial score (nSPS) is 16.7. The van der Waals surface area contributed by atoms with Crippen molar-refractivity contribution < 1.29 is 14.1 Å². The van der Waals surface area contributed by atoms with Gasteiger partial charge in [0.1, 0.15) is 17.6 Å². The molecule has 5 nitrogen and oxygen atoms in total. The molecule has 22 heavy (non-hydrogen) atoms. The van der Waals surface area contributed by atoms with E-state index in [1.165, 1.54) is 5.56 Å². The summed E-state index contributed by atoms with van der Waals surface area (Å²) in [5.41, 5.74) is 1.56. The third-order valence-electron chi connectivity index (χ3n) is 3.78. The maximum atomic E-state index is 12.1. The first-order valence-corrected chi connectivity index (χ1v) is 7.74. The minimum atomic E-state index is -0.214. The van der Waals surface area contributed by atoms with Crippen molar-refractivity contribution in [1.29, 1.82) is 0 Å². The van der Waals surface area contributed by atoms with Gasteiger partial charge < -0.3 is 14.6 Å². The number of fused-ring (bicyclic) bond motifs is 1. The van der Waals surface area contributed by atoms with Crippen LogP contribution in [0.15, 0.2) is 34.9 Å². The average molecular weight is 300 g/mol. The number of benzene rings is 1. The molecule has 1 N–H and O–H groups in total. The monoisotopic (exact) mass is 300 g/mol. The molecule has 1 amide bonds. The van der Waals surface area contributed by atoms with E-state index in [-0.39, 0.29) is 12.0 Å². The van der Waals surface area contributed by atoms with Gasteiger partial charge in [0.2, 0.25) is 0 Å². The van der Waals surface area contributed by atoms with Crippen LogP contribution in [0.3, 0.4) is 0 Å². The van der Waals surface area contributed by atoms with Gasteiger partial charge in [0, 0.05) is 12.5 Å². The van der Waals surface area contributed by atoms with Gasteiger partial charge in [-0.1, -0.05) is 30.3 Å². The molecule has 0 aliphatic carbocycles. The predicted octanol–water partition coefficient (Wildman–Crippen LogP) is 2.75. The standard InChI is InChI=1S/C17H20N2O3/c1-2-5-13-10-15(19-22-13)17(20)18-11-14-9-8-12-6-3-4-7-16(12)21-14/h3-4,6-7,10,14H,2,5,8-9,11H2,1H3,(H,18,20). The first-order chi connectivity index (χ1) is 10.8. The highest BCUT2D eigenvalue weighted by Crippen LogP contribution is 2.26. The highest BCUT2D eigenvalue weighted by atomic mass is 16.5. The van der Waals surface area contributed by atoms with E-state index in [0.29, 0.717) is 12.2 Å². The Labute approximate surface area is 129 Å². The number of hydrogen-bond donors (Lipinski definition) is 1. The number of nitrogens with one attached hydrogen (secondary N) is 1. The summed E-state index contributed by atoms with van der Waals surface area (Å²) in [7, 11) is 0. The fourth-order valence-corrected chi connectivity index (χ4v) is 2.61. The summed E-state index contributed by atoms with van der Waals surface area (Å²) in [6.07, 6.45) is 3.63. The van der Waals surface area contributed by atoms with Crippen LogP contribution in [0, 0.1) is 0 Å². The van der Waals surface area contributed by atoms with Gasteiger partial charge in [-0.25, -0.2) is 0 Å². The van der Waals surface area contributed by atoms with E-state index in [4.69, 9.17) is 9.26 Å². The molecule has 3 rings (SSSR count). The van der Waals surface area contributed by atoms with E-state index in [2.05, 4.69) is 23.5 Å². The van der Waals surface area contributed by atoms with Crippen LogP contribution in [0.1, 0.15) is 41.6 Å². The lowest BCUT2D eigenvalue weighted by atomic mass is 10.0. The molecule has 1 aliphatic rings. The topological polar surface area (TPSA) is 64.4 Å². The Hall–Kier alpha value is -2.30. The van der Waals surface area contributed by atoms with Crippen LogP contribution in [0.2, 0.25) is 0 Å². The molecule has 1 aliphatic heterocycles. The fraction of sp³-hybridized carbons (Fsp3) is 0.412. The molecule has 1 unspecified atom stereocenters. The number of carbonyl (C=O) groups excluding carboxylic acids is 1. The summed E-state index contributed by atoms with van der Waals surface area (Å²) in [6.45, 7) is 2.53. The second kappa shape index (κ2) is 6.64. The number of nitrogens with zero attached hydrogens (tertiary/aromatic N) is 1. The zero-order chi connectivity index (χ0) is 15.4. The van der Waals surface area contributed by atoms with Crippen molar-refractivity contribution in [3.8, 4) is 5.75 Å². The first-order valence-electron chi connectivity index (χ1n) is 7.74. The molecule has 116 valence electrons. The summed E-state index contributed by atoms with van der Waals surface area (Å²) in [5.74, 6) is 1.45. The molecule has 1 atom stereocenters. The lowest BCUT2D eigenvalue weighted by Gasteiger charge is -2.26. The summed E-state index contributed by atoms with van der Waals surface area (Å²) < 4.78 is 11.0. The van der Waals surface area contributed by atoms with Gasteiger partial charge in [0.05, 0.1) is 6.54 Å². The number of carbonyl (C=O) groups is 1. The molecular weight excluding hydrogens is 280 g/mol. The van der Waals surface area contributed by atoms with Crippen molar-refractivity contribution in [3.63, 3.8) is 0 Å². The molecule has 0 fully saturated rings. The highest BCUT2D eigenvalue weighted by molar-refractivity contribution is 5.92. The SMILES string of the molecule is CCCc1cc(C(=O)NCC2CCc3ccccc3O2)no1. The minimum Gasteiger partial charge on any atom is -0.488 e. The number of ether oxygens (including phenoxy) is 1. The van der Waals surface area contributed by atoms with Crippen LogP contribution in [0.5, 0.6) is 5.75 Å².